The lowest BCUT2D eigenvalue weighted by atomic mass is 10.2. The van der Waals surface area contributed by atoms with Crippen molar-refractivity contribution in [3.8, 4) is 5.75 Å². The quantitative estimate of drug-likeness (QED) is 0.841. The Labute approximate surface area is 151 Å². The van der Waals surface area contributed by atoms with Crippen LogP contribution >= 0.6 is 11.6 Å². The van der Waals surface area contributed by atoms with Crippen molar-refractivity contribution in [2.24, 2.45) is 0 Å². The molecule has 0 saturated carbocycles. The summed E-state index contributed by atoms with van der Waals surface area (Å²) < 4.78 is 5.41. The first-order valence-corrected chi connectivity index (χ1v) is 8.40. The molecule has 3 rings (SSSR count). The lowest BCUT2D eigenvalue weighted by molar-refractivity contribution is -0.121. The van der Waals surface area contributed by atoms with E-state index in [0.29, 0.717) is 23.0 Å². The first kappa shape index (κ1) is 17.3. The third kappa shape index (κ3) is 3.61. The summed E-state index contributed by atoms with van der Waals surface area (Å²) in [6, 6.07) is 12.8. The summed E-state index contributed by atoms with van der Waals surface area (Å²) in [5, 5.41) is 0.620. The van der Waals surface area contributed by atoms with Gasteiger partial charge in [-0.05, 0) is 36.8 Å². The Balaban J connectivity index is 1.69. The minimum Gasteiger partial charge on any atom is -0.482 e. The molecule has 0 aromatic heterocycles. The molecule has 0 unspecified atom stereocenters. The predicted molar refractivity (Wildman–Crippen MR) is 98.5 cm³/mol. The highest BCUT2D eigenvalue weighted by atomic mass is 35.5. The van der Waals surface area contributed by atoms with E-state index < -0.39 is 0 Å². The van der Waals surface area contributed by atoms with Gasteiger partial charge in [0.2, 0.25) is 5.91 Å². The highest BCUT2D eigenvalue weighted by Crippen LogP contribution is 2.31. The number of hydrogen-bond acceptors (Lipinski definition) is 3. The van der Waals surface area contributed by atoms with Crippen molar-refractivity contribution < 1.29 is 14.3 Å². The minimum atomic E-state index is -0.146. The highest BCUT2D eigenvalue weighted by molar-refractivity contribution is 6.31. The van der Waals surface area contributed by atoms with Crippen molar-refractivity contribution in [1.82, 2.24) is 0 Å². The van der Waals surface area contributed by atoms with Gasteiger partial charge in [-0.2, -0.15) is 0 Å². The van der Waals surface area contributed by atoms with Gasteiger partial charge in [0, 0.05) is 30.7 Å². The molecule has 0 fully saturated rings. The number of ether oxygens (including phenoxy) is 1. The summed E-state index contributed by atoms with van der Waals surface area (Å²) >= 11 is 6.13. The number of nitrogens with zero attached hydrogens (tertiary/aromatic N) is 2. The molecule has 0 spiro atoms. The maximum atomic E-state index is 12.5. The Hall–Kier alpha value is -2.53. The third-order valence-corrected chi connectivity index (χ3v) is 4.68. The molecule has 0 atom stereocenters. The van der Waals surface area contributed by atoms with Crippen LogP contribution in [0.1, 0.15) is 12.0 Å². The van der Waals surface area contributed by atoms with E-state index in [2.05, 4.69) is 0 Å². The molecule has 25 heavy (non-hydrogen) atoms. The number of aryl methyl sites for hydroxylation is 1. The van der Waals surface area contributed by atoms with Gasteiger partial charge in [0.15, 0.2) is 6.61 Å². The number of benzene rings is 2. The van der Waals surface area contributed by atoms with Crippen molar-refractivity contribution in [3.05, 3.63) is 53.1 Å². The number of carbonyl (C=O) groups is 2. The average Bonchev–Trinajstić information content (AvgIpc) is 2.62. The Morgan fingerprint density at radius 1 is 1.28 bits per heavy atom. The smallest absolute Gasteiger partial charge is 0.265 e. The first-order chi connectivity index (χ1) is 12.0. The highest BCUT2D eigenvalue weighted by Gasteiger charge is 2.26. The first-order valence-electron chi connectivity index (χ1n) is 8.02. The molecule has 5 nitrogen and oxygen atoms in total. The molecule has 6 heteroatoms. The summed E-state index contributed by atoms with van der Waals surface area (Å²) in [6.45, 7) is 2.21. The van der Waals surface area contributed by atoms with Crippen LogP contribution in [-0.4, -0.2) is 32.0 Å². The number of fused-ring (bicyclic) bond motifs is 1. The number of halogens is 1. The molecule has 2 amide bonds. The van der Waals surface area contributed by atoms with Gasteiger partial charge >= 0.3 is 0 Å². The van der Waals surface area contributed by atoms with Gasteiger partial charge in [-0.1, -0.05) is 29.8 Å². The van der Waals surface area contributed by atoms with Gasteiger partial charge in [-0.15, -0.1) is 0 Å². The van der Waals surface area contributed by atoms with Gasteiger partial charge < -0.3 is 14.5 Å². The molecule has 1 heterocycles. The Morgan fingerprint density at radius 2 is 2.04 bits per heavy atom. The van der Waals surface area contributed by atoms with Crippen molar-refractivity contribution >= 4 is 34.8 Å². The summed E-state index contributed by atoms with van der Waals surface area (Å²) in [5.74, 6) is 0.428. The van der Waals surface area contributed by atoms with Gasteiger partial charge in [0.25, 0.3) is 5.91 Å². The number of para-hydroxylation sites is 2. The van der Waals surface area contributed by atoms with Crippen molar-refractivity contribution in [2.45, 2.75) is 13.3 Å². The number of carbonyl (C=O) groups excluding carboxylic acids is 2. The van der Waals surface area contributed by atoms with Crippen LogP contribution in [0.2, 0.25) is 5.02 Å². The zero-order valence-corrected chi connectivity index (χ0v) is 14.9. The molecular formula is C19H19ClN2O3. The molecule has 2 aromatic carbocycles. The van der Waals surface area contributed by atoms with Crippen LogP contribution in [-0.2, 0) is 9.59 Å². The number of amides is 2. The third-order valence-electron chi connectivity index (χ3n) is 4.27. The lowest BCUT2D eigenvalue weighted by Crippen LogP contribution is -2.41. The second kappa shape index (κ2) is 7.15. The monoisotopic (exact) mass is 358 g/mol. The van der Waals surface area contributed by atoms with Crippen molar-refractivity contribution in [3.63, 3.8) is 0 Å². The molecule has 0 N–H and O–H groups in total. The number of hydrogen-bond donors (Lipinski definition) is 0. The fourth-order valence-electron chi connectivity index (χ4n) is 2.71. The maximum absolute atomic E-state index is 12.5. The topological polar surface area (TPSA) is 49.9 Å². The minimum absolute atomic E-state index is 0.00534. The van der Waals surface area contributed by atoms with Gasteiger partial charge in [0.1, 0.15) is 5.75 Å². The van der Waals surface area contributed by atoms with Gasteiger partial charge in [-0.3, -0.25) is 9.59 Å². The van der Waals surface area contributed by atoms with Crippen LogP contribution in [0, 0.1) is 6.92 Å². The summed E-state index contributed by atoms with van der Waals surface area (Å²) in [4.78, 5) is 27.8. The molecule has 130 valence electrons. The van der Waals surface area contributed by atoms with Crippen LogP contribution in [0.15, 0.2) is 42.5 Å². The van der Waals surface area contributed by atoms with Gasteiger partial charge in [-0.25, -0.2) is 0 Å². The van der Waals surface area contributed by atoms with E-state index in [9.17, 15) is 9.59 Å². The van der Waals surface area contributed by atoms with Crippen molar-refractivity contribution in [1.29, 1.82) is 0 Å². The second-order valence-corrected chi connectivity index (χ2v) is 6.35. The van der Waals surface area contributed by atoms with E-state index in [4.69, 9.17) is 16.3 Å². The second-order valence-electron chi connectivity index (χ2n) is 5.94. The Kier molecular flexibility index (Phi) is 4.95. The van der Waals surface area contributed by atoms with E-state index in [1.54, 1.807) is 22.9 Å². The number of anilines is 2. The largest absolute Gasteiger partial charge is 0.482 e. The molecular weight excluding hydrogens is 340 g/mol. The predicted octanol–water partition coefficient (Wildman–Crippen LogP) is 3.43. The number of rotatable bonds is 4. The molecule has 0 saturated heterocycles. The van der Waals surface area contributed by atoms with Gasteiger partial charge in [0.05, 0.1) is 5.69 Å². The molecule has 2 aromatic rings. The lowest BCUT2D eigenvalue weighted by Gasteiger charge is -2.29. The molecule has 0 aliphatic carbocycles. The summed E-state index contributed by atoms with van der Waals surface area (Å²) in [7, 11) is 1.71. The van der Waals surface area contributed by atoms with E-state index in [0.717, 1.165) is 11.3 Å². The standard InChI is InChI=1S/C19H19ClN2O3/c1-13-7-8-14(11-15(13)20)21(2)18(23)9-10-22-16-5-3-4-6-17(16)25-12-19(22)24/h3-8,11H,9-10,12H2,1-2H3. The average molecular weight is 359 g/mol. The Morgan fingerprint density at radius 3 is 2.80 bits per heavy atom. The van der Waals surface area contributed by atoms with E-state index in [1.807, 2.05) is 43.3 Å². The zero-order valence-electron chi connectivity index (χ0n) is 14.2. The molecule has 0 radical (unpaired) electrons. The van der Waals surface area contributed by atoms with Crippen LogP contribution < -0.4 is 14.5 Å². The molecule has 1 aliphatic heterocycles. The van der Waals surface area contributed by atoms with Crippen molar-refractivity contribution in [2.75, 3.05) is 30.0 Å². The van der Waals surface area contributed by atoms with Crippen LogP contribution in [0.3, 0.4) is 0 Å². The fraction of sp³-hybridized carbons (Fsp3) is 0.263. The normalized spacial score (nSPS) is 13.2. The van der Waals surface area contributed by atoms with E-state index in [-0.39, 0.29) is 24.8 Å². The zero-order chi connectivity index (χ0) is 18.0. The van der Waals surface area contributed by atoms with E-state index >= 15 is 0 Å². The van der Waals surface area contributed by atoms with Crippen LogP contribution in [0.4, 0.5) is 11.4 Å². The van der Waals surface area contributed by atoms with E-state index in [1.165, 1.54) is 0 Å². The van der Waals surface area contributed by atoms with Crippen LogP contribution in [0.5, 0.6) is 5.75 Å². The van der Waals surface area contributed by atoms with Crippen LogP contribution in [0.25, 0.3) is 0 Å². The fourth-order valence-corrected chi connectivity index (χ4v) is 2.88. The Bertz CT molecular complexity index is 822. The summed E-state index contributed by atoms with van der Waals surface area (Å²) in [5.41, 5.74) is 2.39. The molecule has 0 bridgehead atoms. The SMILES string of the molecule is Cc1ccc(N(C)C(=O)CCN2C(=O)COc3ccccc32)cc1Cl. The molecule has 1 aliphatic rings. The summed E-state index contributed by atoms with van der Waals surface area (Å²) in [6.07, 6.45) is 0.210. The maximum Gasteiger partial charge on any atom is 0.265 e.